The van der Waals surface area contributed by atoms with Crippen molar-refractivity contribution in [3.8, 4) is 0 Å². The van der Waals surface area contributed by atoms with Crippen molar-refractivity contribution in [3.05, 3.63) is 94.4 Å². The van der Waals surface area contributed by atoms with Gasteiger partial charge in [-0.05, 0) is 86.0 Å². The maximum Gasteiger partial charge on any atom is 0.108 e. The zero-order valence-electron chi connectivity index (χ0n) is 19.1. The van der Waals surface area contributed by atoms with E-state index in [1.54, 1.807) is 12.1 Å². The molecule has 4 nitrogen and oxygen atoms in total. The fourth-order valence-corrected chi connectivity index (χ4v) is 4.24. The Morgan fingerprint density at radius 3 is 1.19 bits per heavy atom. The Balaban J connectivity index is 2.01. The Morgan fingerprint density at radius 2 is 0.903 bits per heavy atom. The first-order chi connectivity index (χ1) is 15.1. The highest BCUT2D eigenvalue weighted by Crippen LogP contribution is 2.34. The first-order valence-electron chi connectivity index (χ1n) is 11.3. The van der Waals surface area contributed by atoms with E-state index in [0.717, 1.165) is 31.7 Å². The molecule has 0 heterocycles. The first kappa shape index (κ1) is 22.5. The summed E-state index contributed by atoms with van der Waals surface area (Å²) in [5, 5.41) is 3.06. The topological polar surface area (TPSA) is 35.9 Å². The summed E-state index contributed by atoms with van der Waals surface area (Å²) in [4.78, 5) is 15.6. The fourth-order valence-electron chi connectivity index (χ4n) is 4.24. The summed E-state index contributed by atoms with van der Waals surface area (Å²) in [7, 11) is 0. The van der Waals surface area contributed by atoms with Gasteiger partial charge in [0, 0.05) is 43.5 Å². The molecule has 0 bridgehead atoms. The number of rotatable bonds is 10. The summed E-state index contributed by atoms with van der Waals surface area (Å²) in [6.45, 7) is 12.7. The quantitative estimate of drug-likeness (QED) is 0.265. The minimum Gasteiger partial charge on any atom is -0.372 e. The van der Waals surface area contributed by atoms with Crippen LogP contribution in [0.2, 0.25) is 0 Å². The highest BCUT2D eigenvalue weighted by molar-refractivity contribution is 5.55. The van der Waals surface area contributed by atoms with Gasteiger partial charge < -0.3 is 9.80 Å². The maximum absolute atomic E-state index is 10.9. The van der Waals surface area contributed by atoms with E-state index in [4.69, 9.17) is 0 Å². The van der Waals surface area contributed by atoms with E-state index in [9.17, 15) is 4.91 Å². The van der Waals surface area contributed by atoms with Gasteiger partial charge in [-0.1, -0.05) is 36.4 Å². The first-order valence-corrected chi connectivity index (χ1v) is 11.3. The molecule has 0 saturated carbocycles. The number of hydrogen-bond donors (Lipinski definition) is 0. The molecule has 3 rings (SSSR count). The summed E-state index contributed by atoms with van der Waals surface area (Å²) in [5.41, 5.74) is 6.56. The van der Waals surface area contributed by atoms with E-state index >= 15 is 0 Å². The minimum atomic E-state index is 0.0946. The Kier molecular flexibility index (Phi) is 7.82. The lowest BCUT2D eigenvalue weighted by Crippen LogP contribution is -2.21. The van der Waals surface area contributed by atoms with Gasteiger partial charge >= 0.3 is 0 Å². The van der Waals surface area contributed by atoms with Crippen molar-refractivity contribution in [2.24, 2.45) is 5.18 Å². The summed E-state index contributed by atoms with van der Waals surface area (Å²) in [5.74, 6) is 0.0946. The van der Waals surface area contributed by atoms with E-state index in [-0.39, 0.29) is 5.92 Å². The third kappa shape index (κ3) is 5.13. The molecule has 3 aromatic carbocycles. The Labute approximate surface area is 186 Å². The molecule has 0 radical (unpaired) electrons. The summed E-state index contributed by atoms with van der Waals surface area (Å²) in [6.07, 6.45) is 0. The molecular formula is C27H33N3O. The average Bonchev–Trinajstić information content (AvgIpc) is 2.83. The van der Waals surface area contributed by atoms with Crippen molar-refractivity contribution in [3.63, 3.8) is 0 Å². The molecule has 3 aromatic rings. The van der Waals surface area contributed by atoms with Gasteiger partial charge in [0.2, 0.25) is 0 Å². The highest BCUT2D eigenvalue weighted by Gasteiger charge is 2.18. The number of anilines is 2. The van der Waals surface area contributed by atoms with E-state index in [0.29, 0.717) is 5.69 Å². The van der Waals surface area contributed by atoms with E-state index < -0.39 is 0 Å². The lowest BCUT2D eigenvalue weighted by atomic mass is 9.85. The molecule has 0 aliphatic rings. The lowest BCUT2D eigenvalue weighted by Gasteiger charge is -2.24. The summed E-state index contributed by atoms with van der Waals surface area (Å²) in [6, 6.07) is 25.4. The molecule has 0 atom stereocenters. The predicted octanol–water partition coefficient (Wildman–Crippen LogP) is 6.96. The van der Waals surface area contributed by atoms with Crippen molar-refractivity contribution in [1.82, 2.24) is 0 Å². The van der Waals surface area contributed by atoms with Crippen molar-refractivity contribution in [2.45, 2.75) is 33.6 Å². The highest BCUT2D eigenvalue weighted by atomic mass is 16.3. The third-order valence-corrected chi connectivity index (χ3v) is 6.04. The van der Waals surface area contributed by atoms with E-state index in [1.807, 2.05) is 12.1 Å². The van der Waals surface area contributed by atoms with E-state index in [1.165, 1.54) is 22.5 Å². The lowest BCUT2D eigenvalue weighted by molar-refractivity contribution is 0.862. The molecule has 0 N–H and O–H groups in total. The minimum absolute atomic E-state index is 0.0946. The van der Waals surface area contributed by atoms with Gasteiger partial charge in [0.05, 0.1) is 0 Å². The molecule has 0 aliphatic heterocycles. The second-order valence-corrected chi connectivity index (χ2v) is 7.64. The average molecular weight is 416 g/mol. The van der Waals surface area contributed by atoms with Crippen molar-refractivity contribution < 1.29 is 0 Å². The SMILES string of the molecule is CCN(CC)c1ccc(C(c2ccc(N=O)cc2)c2ccc(N(CC)CC)cc2)cc1. The van der Waals surface area contributed by atoms with Gasteiger partial charge in [-0.15, -0.1) is 4.91 Å². The van der Waals surface area contributed by atoms with Gasteiger partial charge in [0.15, 0.2) is 0 Å². The number of nitroso groups, excluding NO2 is 1. The summed E-state index contributed by atoms with van der Waals surface area (Å²) < 4.78 is 0. The van der Waals surface area contributed by atoms with Crippen LogP contribution in [0.1, 0.15) is 50.3 Å². The largest absolute Gasteiger partial charge is 0.372 e. The Bertz CT molecular complexity index is 886. The summed E-state index contributed by atoms with van der Waals surface area (Å²) >= 11 is 0. The van der Waals surface area contributed by atoms with Crippen LogP contribution in [0.25, 0.3) is 0 Å². The second kappa shape index (κ2) is 10.8. The second-order valence-electron chi connectivity index (χ2n) is 7.64. The number of benzene rings is 3. The molecule has 0 unspecified atom stereocenters. The van der Waals surface area contributed by atoms with Crippen molar-refractivity contribution in [1.29, 1.82) is 0 Å². The van der Waals surface area contributed by atoms with Crippen LogP contribution in [-0.2, 0) is 0 Å². The van der Waals surface area contributed by atoms with Gasteiger partial charge in [0.25, 0.3) is 0 Å². The smallest absolute Gasteiger partial charge is 0.108 e. The zero-order chi connectivity index (χ0) is 22.2. The fraction of sp³-hybridized carbons (Fsp3) is 0.333. The molecular weight excluding hydrogens is 382 g/mol. The molecule has 0 fully saturated rings. The van der Waals surface area contributed by atoms with Crippen LogP contribution < -0.4 is 9.80 Å². The maximum atomic E-state index is 10.9. The van der Waals surface area contributed by atoms with Crippen LogP contribution >= 0.6 is 0 Å². The molecule has 0 aliphatic carbocycles. The van der Waals surface area contributed by atoms with Crippen LogP contribution in [0.3, 0.4) is 0 Å². The van der Waals surface area contributed by atoms with Gasteiger partial charge in [-0.25, -0.2) is 0 Å². The van der Waals surface area contributed by atoms with Gasteiger partial charge in [-0.2, -0.15) is 0 Å². The third-order valence-electron chi connectivity index (χ3n) is 6.04. The number of hydrogen-bond acceptors (Lipinski definition) is 4. The number of nitrogens with zero attached hydrogens (tertiary/aromatic N) is 3. The van der Waals surface area contributed by atoms with Crippen LogP contribution in [0.15, 0.2) is 78.0 Å². The van der Waals surface area contributed by atoms with Gasteiger partial charge in [-0.3, -0.25) is 0 Å². The monoisotopic (exact) mass is 415 g/mol. The van der Waals surface area contributed by atoms with Crippen LogP contribution in [0.4, 0.5) is 17.1 Å². The zero-order valence-corrected chi connectivity index (χ0v) is 19.1. The predicted molar refractivity (Wildman–Crippen MR) is 133 cm³/mol. The molecule has 0 amide bonds. The molecule has 0 saturated heterocycles. The molecule has 0 aromatic heterocycles. The Morgan fingerprint density at radius 1 is 0.581 bits per heavy atom. The van der Waals surface area contributed by atoms with E-state index in [2.05, 4.69) is 91.2 Å². The molecule has 0 spiro atoms. The Hall–Kier alpha value is -3.14. The van der Waals surface area contributed by atoms with Crippen LogP contribution in [-0.4, -0.2) is 26.2 Å². The molecule has 4 heteroatoms. The van der Waals surface area contributed by atoms with Crippen molar-refractivity contribution >= 4 is 17.1 Å². The van der Waals surface area contributed by atoms with Crippen LogP contribution in [0, 0.1) is 4.91 Å². The van der Waals surface area contributed by atoms with Crippen molar-refractivity contribution in [2.75, 3.05) is 36.0 Å². The van der Waals surface area contributed by atoms with Crippen LogP contribution in [0.5, 0.6) is 0 Å². The molecule has 31 heavy (non-hydrogen) atoms. The normalized spacial score (nSPS) is 10.9. The molecule has 162 valence electrons. The van der Waals surface area contributed by atoms with Gasteiger partial charge in [0.1, 0.15) is 5.69 Å². The standard InChI is InChI=1S/C27H33N3O/c1-5-29(6-2)25-17-11-22(12-18-25)27(21-9-15-24(28-31)16-10-21)23-13-19-26(20-14-23)30(7-3)8-4/h9-20,27H,5-8H2,1-4H3.